The van der Waals surface area contributed by atoms with E-state index >= 15 is 0 Å². The van der Waals surface area contributed by atoms with Gasteiger partial charge in [-0.3, -0.25) is 4.79 Å². The second-order valence-electron chi connectivity index (χ2n) is 4.35. The molecule has 0 amide bonds. The van der Waals surface area contributed by atoms with Crippen LogP contribution in [0.1, 0.15) is 36.8 Å². The van der Waals surface area contributed by atoms with Crippen LogP contribution < -0.4 is 5.73 Å². The van der Waals surface area contributed by atoms with Crippen molar-refractivity contribution in [2.24, 2.45) is 5.73 Å². The van der Waals surface area contributed by atoms with E-state index in [1.807, 2.05) is 18.2 Å². The van der Waals surface area contributed by atoms with Gasteiger partial charge in [0.15, 0.2) is 11.5 Å². The zero-order chi connectivity index (χ0) is 13.1. The van der Waals surface area contributed by atoms with E-state index in [9.17, 15) is 4.79 Å². The number of aryl methyl sites for hydroxylation is 1. The van der Waals surface area contributed by atoms with Gasteiger partial charge >= 0.3 is 5.97 Å². The van der Waals surface area contributed by atoms with Gasteiger partial charge in [-0.15, -0.1) is 0 Å². The summed E-state index contributed by atoms with van der Waals surface area (Å²) in [5, 5.41) is 8.58. The molecule has 0 aliphatic carbocycles. The lowest BCUT2D eigenvalue weighted by Gasteiger charge is -2.10. The number of benzene rings is 1. The first kappa shape index (κ1) is 12.6. The van der Waals surface area contributed by atoms with E-state index in [0.29, 0.717) is 18.7 Å². The van der Waals surface area contributed by atoms with Gasteiger partial charge in [0.05, 0.1) is 0 Å². The number of aromatic nitrogens is 1. The third-order valence-corrected chi connectivity index (χ3v) is 2.85. The lowest BCUT2D eigenvalue weighted by molar-refractivity contribution is -0.137. The van der Waals surface area contributed by atoms with Crippen LogP contribution in [0.15, 0.2) is 22.6 Å². The van der Waals surface area contributed by atoms with Gasteiger partial charge < -0.3 is 15.3 Å². The summed E-state index contributed by atoms with van der Waals surface area (Å²) in [6.07, 6.45) is 1.38. The minimum Gasteiger partial charge on any atom is -0.481 e. The fourth-order valence-electron chi connectivity index (χ4n) is 1.93. The number of rotatable bonds is 5. The zero-order valence-electron chi connectivity index (χ0n) is 10.2. The van der Waals surface area contributed by atoms with Gasteiger partial charge in [0.25, 0.3) is 0 Å². The Balaban J connectivity index is 2.07. The summed E-state index contributed by atoms with van der Waals surface area (Å²) in [4.78, 5) is 14.7. The van der Waals surface area contributed by atoms with Crippen molar-refractivity contribution in [1.29, 1.82) is 0 Å². The highest BCUT2D eigenvalue weighted by atomic mass is 16.4. The van der Waals surface area contributed by atoms with Crippen molar-refractivity contribution in [1.82, 2.24) is 4.98 Å². The maximum Gasteiger partial charge on any atom is 0.303 e. The number of aliphatic carboxylic acids is 1. The molecule has 5 nitrogen and oxygen atoms in total. The summed E-state index contributed by atoms with van der Waals surface area (Å²) in [5.41, 5.74) is 8.52. The Kier molecular flexibility index (Phi) is 3.62. The fourth-order valence-corrected chi connectivity index (χ4v) is 1.93. The first-order chi connectivity index (χ1) is 8.56. The molecule has 0 radical (unpaired) electrons. The zero-order valence-corrected chi connectivity index (χ0v) is 10.2. The molecule has 5 heteroatoms. The van der Waals surface area contributed by atoms with Crippen molar-refractivity contribution in [3.8, 4) is 0 Å². The van der Waals surface area contributed by atoms with Gasteiger partial charge in [0.1, 0.15) is 5.52 Å². The lowest BCUT2D eigenvalue weighted by Crippen LogP contribution is -2.10. The van der Waals surface area contributed by atoms with E-state index in [1.165, 1.54) is 0 Å². The summed E-state index contributed by atoms with van der Waals surface area (Å²) in [7, 11) is 0. The van der Waals surface area contributed by atoms with Crippen molar-refractivity contribution in [3.05, 3.63) is 29.7 Å². The van der Waals surface area contributed by atoms with Crippen LogP contribution in [0.3, 0.4) is 0 Å². The first-order valence-corrected chi connectivity index (χ1v) is 5.91. The molecule has 0 aliphatic rings. The van der Waals surface area contributed by atoms with E-state index in [4.69, 9.17) is 15.3 Å². The van der Waals surface area contributed by atoms with Gasteiger partial charge in [-0.05, 0) is 30.5 Å². The second-order valence-corrected chi connectivity index (χ2v) is 4.35. The molecule has 0 saturated carbocycles. The molecule has 0 aliphatic heterocycles. The molecule has 3 N–H and O–H groups in total. The Morgan fingerprint density at radius 3 is 3.06 bits per heavy atom. The van der Waals surface area contributed by atoms with E-state index in [2.05, 4.69) is 4.98 Å². The molecule has 2 rings (SSSR count). The molecule has 1 aromatic carbocycles. The Morgan fingerprint density at radius 1 is 1.56 bits per heavy atom. The molecule has 1 heterocycles. The van der Waals surface area contributed by atoms with Crippen LogP contribution in [0.2, 0.25) is 0 Å². The quantitative estimate of drug-likeness (QED) is 0.848. The molecule has 96 valence electrons. The average molecular weight is 248 g/mol. The third-order valence-electron chi connectivity index (χ3n) is 2.85. The predicted octanol–water partition coefficient (Wildman–Crippen LogP) is 2.39. The highest BCUT2D eigenvalue weighted by molar-refractivity contribution is 5.73. The molecule has 0 fully saturated rings. The number of carbonyl (C=O) groups is 1. The minimum atomic E-state index is -0.787. The largest absolute Gasteiger partial charge is 0.481 e. The van der Waals surface area contributed by atoms with Crippen LogP contribution in [0.5, 0.6) is 0 Å². The van der Waals surface area contributed by atoms with Crippen LogP contribution in [-0.2, 0) is 4.79 Å². The second kappa shape index (κ2) is 5.18. The Hall–Kier alpha value is -1.88. The fraction of sp³-hybridized carbons (Fsp3) is 0.385. The van der Waals surface area contributed by atoms with Crippen LogP contribution in [0.4, 0.5) is 0 Å². The molecule has 18 heavy (non-hydrogen) atoms. The van der Waals surface area contributed by atoms with Crippen molar-refractivity contribution in [2.45, 2.75) is 32.2 Å². The number of carboxylic acids is 1. The molecular formula is C13H16N2O3. The number of nitrogens with two attached hydrogens (primary N) is 1. The van der Waals surface area contributed by atoms with Gasteiger partial charge in [0.2, 0.25) is 0 Å². The SMILES string of the molecule is Cc1nc2cc(C(N)CCCC(=O)O)ccc2o1. The summed E-state index contributed by atoms with van der Waals surface area (Å²) >= 11 is 0. The third kappa shape index (κ3) is 2.87. The number of oxazole rings is 1. The highest BCUT2D eigenvalue weighted by Gasteiger charge is 2.10. The molecule has 1 atom stereocenters. The summed E-state index contributed by atoms with van der Waals surface area (Å²) in [6.45, 7) is 1.80. The van der Waals surface area contributed by atoms with Gasteiger partial charge in [0, 0.05) is 19.4 Å². The molecule has 0 spiro atoms. The Labute approximate surface area is 105 Å². The van der Waals surface area contributed by atoms with Crippen LogP contribution in [0.25, 0.3) is 11.1 Å². The summed E-state index contributed by atoms with van der Waals surface area (Å²) in [5.74, 6) is -0.161. The maximum atomic E-state index is 10.4. The monoisotopic (exact) mass is 248 g/mol. The molecule has 0 saturated heterocycles. The van der Waals surface area contributed by atoms with Crippen molar-refractivity contribution < 1.29 is 14.3 Å². The van der Waals surface area contributed by atoms with E-state index < -0.39 is 5.97 Å². The number of hydrogen-bond acceptors (Lipinski definition) is 4. The first-order valence-electron chi connectivity index (χ1n) is 5.91. The minimum absolute atomic E-state index is 0.152. The number of fused-ring (bicyclic) bond motifs is 1. The van der Waals surface area contributed by atoms with Crippen molar-refractivity contribution in [3.63, 3.8) is 0 Å². The smallest absolute Gasteiger partial charge is 0.303 e. The van der Waals surface area contributed by atoms with E-state index in [-0.39, 0.29) is 12.5 Å². The molecule has 1 unspecified atom stereocenters. The Bertz CT molecular complexity index is 562. The van der Waals surface area contributed by atoms with Crippen molar-refractivity contribution >= 4 is 17.1 Å². The number of carboxylic acid groups (broad SMARTS) is 1. The van der Waals surface area contributed by atoms with Crippen LogP contribution >= 0.6 is 0 Å². The van der Waals surface area contributed by atoms with Gasteiger partial charge in [-0.25, -0.2) is 4.98 Å². The highest BCUT2D eigenvalue weighted by Crippen LogP contribution is 2.22. The summed E-state index contributed by atoms with van der Waals surface area (Å²) in [6, 6.07) is 5.49. The van der Waals surface area contributed by atoms with Crippen molar-refractivity contribution in [2.75, 3.05) is 0 Å². The molecular weight excluding hydrogens is 232 g/mol. The van der Waals surface area contributed by atoms with Crippen LogP contribution in [0, 0.1) is 6.92 Å². The summed E-state index contributed by atoms with van der Waals surface area (Å²) < 4.78 is 5.39. The van der Waals surface area contributed by atoms with Crippen LogP contribution in [-0.4, -0.2) is 16.1 Å². The molecule has 2 aromatic rings. The van der Waals surface area contributed by atoms with E-state index in [0.717, 1.165) is 16.7 Å². The Morgan fingerprint density at radius 2 is 2.33 bits per heavy atom. The number of hydrogen-bond donors (Lipinski definition) is 2. The average Bonchev–Trinajstić information content (AvgIpc) is 2.67. The maximum absolute atomic E-state index is 10.4. The molecule has 1 aromatic heterocycles. The van der Waals surface area contributed by atoms with Gasteiger partial charge in [-0.2, -0.15) is 0 Å². The molecule has 0 bridgehead atoms. The number of nitrogens with zero attached hydrogens (tertiary/aromatic N) is 1. The van der Waals surface area contributed by atoms with Gasteiger partial charge in [-0.1, -0.05) is 6.07 Å². The normalized spacial score (nSPS) is 12.8. The lowest BCUT2D eigenvalue weighted by atomic mass is 10.0. The standard InChI is InChI=1S/C13H16N2O3/c1-8-15-11-7-9(5-6-12(11)18-8)10(14)3-2-4-13(16)17/h5-7,10H,2-4,14H2,1H3,(H,16,17). The topological polar surface area (TPSA) is 89.3 Å². The predicted molar refractivity (Wildman–Crippen MR) is 67.2 cm³/mol. The van der Waals surface area contributed by atoms with E-state index in [1.54, 1.807) is 6.92 Å².